The summed E-state index contributed by atoms with van der Waals surface area (Å²) < 4.78 is 10.7. The summed E-state index contributed by atoms with van der Waals surface area (Å²) in [5.41, 5.74) is 1.55. The number of carbonyl (C=O) groups excluding carboxylic acids is 2. The van der Waals surface area contributed by atoms with E-state index in [1.54, 1.807) is 67.6 Å². The zero-order valence-corrected chi connectivity index (χ0v) is 15.0. The lowest BCUT2D eigenvalue weighted by molar-refractivity contribution is -0.122. The number of nitrogens with zero attached hydrogens (tertiary/aromatic N) is 1. The molecule has 1 heterocycles. The number of rotatable bonds is 6. The van der Waals surface area contributed by atoms with E-state index in [0.717, 1.165) is 0 Å². The number of ether oxygens (including phenoxy) is 1. The van der Waals surface area contributed by atoms with Crippen LogP contribution in [0.1, 0.15) is 23.0 Å². The predicted molar refractivity (Wildman–Crippen MR) is 103 cm³/mol. The molecular formula is C21H17N3O4. The third-order valence-electron chi connectivity index (χ3n) is 3.80. The lowest BCUT2D eigenvalue weighted by Crippen LogP contribution is -2.30. The molecule has 0 radical (unpaired) electrons. The second-order valence-corrected chi connectivity index (χ2v) is 5.90. The number of furan rings is 1. The van der Waals surface area contributed by atoms with Crippen molar-refractivity contribution in [3.8, 4) is 11.8 Å². The molecule has 3 rings (SSSR count). The molecule has 1 unspecified atom stereocenters. The van der Waals surface area contributed by atoms with E-state index in [2.05, 4.69) is 10.6 Å². The number of nitrogens with one attached hydrogen (secondary N) is 2. The van der Waals surface area contributed by atoms with Gasteiger partial charge in [-0.15, -0.1) is 0 Å². The van der Waals surface area contributed by atoms with E-state index < -0.39 is 6.10 Å². The largest absolute Gasteiger partial charge is 0.481 e. The number of anilines is 2. The quantitative estimate of drug-likeness (QED) is 0.682. The van der Waals surface area contributed by atoms with Gasteiger partial charge in [0.25, 0.3) is 11.8 Å². The molecule has 7 heteroatoms. The Kier molecular flexibility index (Phi) is 5.72. The van der Waals surface area contributed by atoms with Crippen LogP contribution < -0.4 is 15.4 Å². The minimum Gasteiger partial charge on any atom is -0.481 e. The predicted octanol–water partition coefficient (Wildman–Crippen LogP) is 3.81. The molecule has 0 saturated carbocycles. The summed E-state index contributed by atoms with van der Waals surface area (Å²) in [7, 11) is 0. The standard InChI is InChI=1S/C21H17N3O4/c1-14(20(25)24-17-5-2-4-15(12-17)13-22)28-18-9-7-16(8-10-18)23-21(26)19-6-3-11-27-19/h2-12,14H,1H3,(H,23,26)(H,24,25). The van der Waals surface area contributed by atoms with E-state index in [1.807, 2.05) is 6.07 Å². The number of carbonyl (C=O) groups is 2. The van der Waals surface area contributed by atoms with Crippen LogP contribution in [-0.4, -0.2) is 17.9 Å². The summed E-state index contributed by atoms with van der Waals surface area (Å²) in [6.45, 7) is 1.62. The molecular weight excluding hydrogens is 358 g/mol. The van der Waals surface area contributed by atoms with Crippen LogP contribution >= 0.6 is 0 Å². The summed E-state index contributed by atoms with van der Waals surface area (Å²) in [5.74, 6) is -0.00758. The van der Waals surface area contributed by atoms with Crippen LogP contribution in [0.2, 0.25) is 0 Å². The summed E-state index contributed by atoms with van der Waals surface area (Å²) in [6, 6.07) is 18.5. The van der Waals surface area contributed by atoms with Crippen LogP contribution in [0.4, 0.5) is 11.4 Å². The summed E-state index contributed by atoms with van der Waals surface area (Å²) in [4.78, 5) is 24.2. The van der Waals surface area contributed by atoms with Crippen LogP contribution in [0.15, 0.2) is 71.3 Å². The van der Waals surface area contributed by atoms with Gasteiger partial charge in [0.05, 0.1) is 17.9 Å². The van der Waals surface area contributed by atoms with E-state index in [1.165, 1.54) is 6.26 Å². The Balaban J connectivity index is 1.56. The Morgan fingerprint density at radius 2 is 1.82 bits per heavy atom. The number of nitriles is 1. The fourth-order valence-electron chi connectivity index (χ4n) is 2.39. The average molecular weight is 375 g/mol. The Labute approximate surface area is 161 Å². The van der Waals surface area contributed by atoms with Crippen LogP contribution in [0.5, 0.6) is 5.75 Å². The topological polar surface area (TPSA) is 104 Å². The fourth-order valence-corrected chi connectivity index (χ4v) is 2.39. The molecule has 0 saturated heterocycles. The highest BCUT2D eigenvalue weighted by Crippen LogP contribution is 2.18. The van der Waals surface area contributed by atoms with Gasteiger partial charge in [-0.2, -0.15) is 5.26 Å². The highest BCUT2D eigenvalue weighted by molar-refractivity contribution is 6.02. The number of hydrogen-bond donors (Lipinski definition) is 2. The molecule has 140 valence electrons. The van der Waals surface area contributed by atoms with Gasteiger partial charge in [-0.1, -0.05) is 6.07 Å². The van der Waals surface area contributed by atoms with Gasteiger partial charge in [0.2, 0.25) is 0 Å². The molecule has 1 atom stereocenters. The third kappa shape index (κ3) is 4.77. The molecule has 0 aliphatic rings. The SMILES string of the molecule is CC(Oc1ccc(NC(=O)c2ccco2)cc1)C(=O)Nc1cccc(C#N)c1. The third-order valence-corrected chi connectivity index (χ3v) is 3.80. The van der Waals surface area contributed by atoms with Crippen molar-refractivity contribution in [2.75, 3.05) is 10.6 Å². The first-order chi connectivity index (χ1) is 13.5. The number of benzene rings is 2. The van der Waals surface area contributed by atoms with Crippen molar-refractivity contribution in [2.45, 2.75) is 13.0 Å². The minimum atomic E-state index is -0.755. The zero-order chi connectivity index (χ0) is 19.9. The Hall–Kier alpha value is -4.05. The van der Waals surface area contributed by atoms with Crippen molar-refractivity contribution in [2.24, 2.45) is 0 Å². The van der Waals surface area contributed by atoms with Crippen molar-refractivity contribution >= 4 is 23.2 Å². The maximum absolute atomic E-state index is 12.3. The molecule has 0 spiro atoms. The molecule has 1 aromatic heterocycles. The molecule has 0 aliphatic carbocycles. The Morgan fingerprint density at radius 1 is 1.04 bits per heavy atom. The van der Waals surface area contributed by atoms with E-state index >= 15 is 0 Å². The lowest BCUT2D eigenvalue weighted by atomic mass is 10.2. The van der Waals surface area contributed by atoms with Gasteiger partial charge in [-0.25, -0.2) is 0 Å². The maximum Gasteiger partial charge on any atom is 0.291 e. The molecule has 7 nitrogen and oxygen atoms in total. The van der Waals surface area contributed by atoms with Gasteiger partial charge in [0.15, 0.2) is 11.9 Å². The smallest absolute Gasteiger partial charge is 0.291 e. The van der Waals surface area contributed by atoms with Gasteiger partial charge >= 0.3 is 0 Å². The summed E-state index contributed by atoms with van der Waals surface area (Å²) in [5, 5.41) is 14.3. The first-order valence-corrected chi connectivity index (χ1v) is 8.48. The van der Waals surface area contributed by atoms with Gasteiger partial charge < -0.3 is 19.8 Å². The molecule has 28 heavy (non-hydrogen) atoms. The molecule has 0 aliphatic heterocycles. The van der Waals surface area contributed by atoms with Gasteiger partial charge in [0.1, 0.15) is 5.75 Å². The monoisotopic (exact) mass is 375 g/mol. The molecule has 3 aromatic rings. The Morgan fingerprint density at radius 3 is 2.50 bits per heavy atom. The van der Waals surface area contributed by atoms with Crippen molar-refractivity contribution in [3.05, 3.63) is 78.3 Å². The van der Waals surface area contributed by atoms with E-state index in [4.69, 9.17) is 14.4 Å². The highest BCUT2D eigenvalue weighted by Gasteiger charge is 2.15. The molecule has 2 N–H and O–H groups in total. The maximum atomic E-state index is 12.3. The minimum absolute atomic E-state index is 0.214. The van der Waals surface area contributed by atoms with Gasteiger partial charge in [0, 0.05) is 11.4 Å². The average Bonchev–Trinajstić information content (AvgIpc) is 3.24. The Bertz CT molecular complexity index is 1000. The second kappa shape index (κ2) is 8.56. The molecule has 0 bridgehead atoms. The van der Waals surface area contributed by atoms with Crippen molar-refractivity contribution in [1.29, 1.82) is 5.26 Å². The molecule has 0 fully saturated rings. The first-order valence-electron chi connectivity index (χ1n) is 8.48. The summed E-state index contributed by atoms with van der Waals surface area (Å²) in [6.07, 6.45) is 0.670. The van der Waals surface area contributed by atoms with Crippen molar-refractivity contribution < 1.29 is 18.7 Å². The molecule has 2 aromatic carbocycles. The second-order valence-electron chi connectivity index (χ2n) is 5.90. The van der Waals surface area contributed by atoms with Crippen LogP contribution in [0.3, 0.4) is 0 Å². The van der Waals surface area contributed by atoms with E-state index in [0.29, 0.717) is 22.7 Å². The van der Waals surface area contributed by atoms with Crippen LogP contribution in [0, 0.1) is 11.3 Å². The summed E-state index contributed by atoms with van der Waals surface area (Å²) >= 11 is 0. The number of hydrogen-bond acceptors (Lipinski definition) is 5. The zero-order valence-electron chi connectivity index (χ0n) is 15.0. The lowest BCUT2D eigenvalue weighted by Gasteiger charge is -2.15. The van der Waals surface area contributed by atoms with Crippen LogP contribution in [-0.2, 0) is 4.79 Å². The van der Waals surface area contributed by atoms with E-state index in [-0.39, 0.29) is 17.6 Å². The van der Waals surface area contributed by atoms with Gasteiger partial charge in [-0.3, -0.25) is 9.59 Å². The van der Waals surface area contributed by atoms with Crippen molar-refractivity contribution in [3.63, 3.8) is 0 Å². The number of amides is 2. The van der Waals surface area contributed by atoms with Crippen LogP contribution in [0.25, 0.3) is 0 Å². The highest BCUT2D eigenvalue weighted by atomic mass is 16.5. The van der Waals surface area contributed by atoms with E-state index in [9.17, 15) is 9.59 Å². The fraction of sp³-hybridized carbons (Fsp3) is 0.0952. The van der Waals surface area contributed by atoms with Crippen molar-refractivity contribution in [1.82, 2.24) is 0 Å². The first kappa shape index (κ1) is 18.7. The molecule has 2 amide bonds. The van der Waals surface area contributed by atoms with Gasteiger partial charge in [-0.05, 0) is 61.5 Å². The normalized spacial score (nSPS) is 11.1.